The van der Waals surface area contributed by atoms with Gasteiger partial charge in [0, 0.05) is 5.69 Å². The Hall–Kier alpha value is -2.30. The molecule has 0 saturated heterocycles. The molecule has 0 bridgehead atoms. The summed E-state index contributed by atoms with van der Waals surface area (Å²) in [5, 5.41) is 11.8. The molecule has 0 spiro atoms. The molecule has 2 aromatic rings. The van der Waals surface area contributed by atoms with E-state index in [4.69, 9.17) is 9.52 Å². The first-order chi connectivity index (χ1) is 10.1. The molecule has 1 aromatic carbocycles. The first-order valence-electron chi connectivity index (χ1n) is 7.12. The highest BCUT2D eigenvalue weighted by molar-refractivity contribution is 5.69. The maximum atomic E-state index is 10.7. The lowest BCUT2D eigenvalue weighted by molar-refractivity contribution is -0.136. The number of carboxylic acid groups (broad SMARTS) is 1. The normalized spacial score (nSPS) is 10.6. The summed E-state index contributed by atoms with van der Waals surface area (Å²) in [5.41, 5.74) is 2.77. The molecule has 0 radical (unpaired) electrons. The molecule has 0 atom stereocenters. The summed E-state index contributed by atoms with van der Waals surface area (Å²) in [6, 6.07) is 8.42. The van der Waals surface area contributed by atoms with Crippen LogP contribution in [0.4, 0.5) is 11.7 Å². The lowest BCUT2D eigenvalue weighted by Crippen LogP contribution is -1.99. The molecule has 2 N–H and O–H groups in total. The van der Waals surface area contributed by atoms with E-state index in [1.165, 1.54) is 18.4 Å². The molecular weight excluding hydrogens is 268 g/mol. The van der Waals surface area contributed by atoms with Crippen LogP contribution in [0.2, 0.25) is 0 Å². The van der Waals surface area contributed by atoms with Crippen molar-refractivity contribution in [1.82, 2.24) is 4.98 Å². The van der Waals surface area contributed by atoms with Crippen LogP contribution in [0.5, 0.6) is 0 Å². The first kappa shape index (κ1) is 15.1. The van der Waals surface area contributed by atoms with Crippen LogP contribution < -0.4 is 5.32 Å². The number of unbranched alkanes of at least 4 members (excludes halogenated alkanes) is 1. The largest absolute Gasteiger partial charge is 0.481 e. The second-order valence-electron chi connectivity index (χ2n) is 5.02. The maximum Gasteiger partial charge on any atom is 0.311 e. The lowest BCUT2D eigenvalue weighted by Gasteiger charge is -2.04. The van der Waals surface area contributed by atoms with E-state index in [2.05, 4.69) is 29.4 Å². The molecule has 0 aliphatic heterocycles. The molecule has 2 rings (SSSR count). The molecule has 5 heteroatoms. The minimum Gasteiger partial charge on any atom is -0.481 e. The van der Waals surface area contributed by atoms with E-state index in [0.29, 0.717) is 17.5 Å². The van der Waals surface area contributed by atoms with Gasteiger partial charge in [0.1, 0.15) is 12.2 Å². The predicted molar refractivity (Wildman–Crippen MR) is 80.9 cm³/mol. The Bertz CT molecular complexity index is 602. The van der Waals surface area contributed by atoms with E-state index in [-0.39, 0.29) is 6.42 Å². The van der Waals surface area contributed by atoms with Gasteiger partial charge in [-0.25, -0.2) is 0 Å². The smallest absolute Gasteiger partial charge is 0.311 e. The van der Waals surface area contributed by atoms with Gasteiger partial charge < -0.3 is 14.8 Å². The zero-order valence-electron chi connectivity index (χ0n) is 12.3. The van der Waals surface area contributed by atoms with E-state index in [9.17, 15) is 4.79 Å². The minimum absolute atomic E-state index is 0.156. The molecule has 0 saturated carbocycles. The van der Waals surface area contributed by atoms with Crippen molar-refractivity contribution in [3.05, 3.63) is 41.3 Å². The number of carbonyl (C=O) groups is 1. The van der Waals surface area contributed by atoms with Gasteiger partial charge in [0.25, 0.3) is 6.01 Å². The van der Waals surface area contributed by atoms with Crippen LogP contribution in [0.25, 0.3) is 0 Å². The molecule has 21 heavy (non-hydrogen) atoms. The number of hydrogen-bond acceptors (Lipinski definition) is 4. The lowest BCUT2D eigenvalue weighted by atomic mass is 10.1. The number of nitrogens with one attached hydrogen (secondary N) is 1. The molecule has 1 aromatic heterocycles. The van der Waals surface area contributed by atoms with Crippen LogP contribution in [-0.2, 0) is 17.6 Å². The van der Waals surface area contributed by atoms with Gasteiger partial charge in [-0.3, -0.25) is 4.79 Å². The van der Waals surface area contributed by atoms with Crippen LogP contribution in [0.1, 0.15) is 36.8 Å². The molecule has 0 unspecified atom stereocenters. The van der Waals surface area contributed by atoms with Gasteiger partial charge in [0.05, 0.1) is 5.69 Å². The molecule has 0 aliphatic rings. The van der Waals surface area contributed by atoms with Gasteiger partial charge in [-0.1, -0.05) is 25.5 Å². The van der Waals surface area contributed by atoms with E-state index < -0.39 is 5.97 Å². The van der Waals surface area contributed by atoms with E-state index in [1.54, 1.807) is 6.92 Å². The summed E-state index contributed by atoms with van der Waals surface area (Å²) < 4.78 is 5.42. The van der Waals surface area contributed by atoms with Crippen LogP contribution in [0.15, 0.2) is 28.7 Å². The van der Waals surface area contributed by atoms with Gasteiger partial charge in [-0.15, -0.1) is 0 Å². The van der Waals surface area contributed by atoms with E-state index in [0.717, 1.165) is 12.1 Å². The third kappa shape index (κ3) is 4.34. The summed E-state index contributed by atoms with van der Waals surface area (Å²) in [4.78, 5) is 14.9. The highest BCUT2D eigenvalue weighted by Gasteiger charge is 2.12. The standard InChI is InChI=1S/C16H20N2O3/c1-3-4-5-12-6-8-13(9-7-12)18-16-17-11(2)14(21-16)10-15(19)20/h6-9H,3-5,10H2,1-2H3,(H,17,18)(H,19,20). The van der Waals surface area contributed by atoms with Crippen LogP contribution in [-0.4, -0.2) is 16.1 Å². The summed E-state index contributed by atoms with van der Waals surface area (Å²) in [7, 11) is 0. The van der Waals surface area contributed by atoms with Crippen molar-refractivity contribution in [2.24, 2.45) is 0 Å². The maximum absolute atomic E-state index is 10.7. The summed E-state index contributed by atoms with van der Waals surface area (Å²) >= 11 is 0. The van der Waals surface area contributed by atoms with Gasteiger partial charge in [-0.05, 0) is 37.5 Å². The third-order valence-electron chi connectivity index (χ3n) is 3.23. The Morgan fingerprint density at radius 2 is 2.05 bits per heavy atom. The molecular formula is C16H20N2O3. The minimum atomic E-state index is -0.930. The molecule has 5 nitrogen and oxygen atoms in total. The Morgan fingerprint density at radius 3 is 2.67 bits per heavy atom. The van der Waals surface area contributed by atoms with Crippen molar-refractivity contribution >= 4 is 17.7 Å². The number of hydrogen-bond donors (Lipinski definition) is 2. The third-order valence-corrected chi connectivity index (χ3v) is 3.23. The van der Waals surface area contributed by atoms with Crippen molar-refractivity contribution in [3.8, 4) is 0 Å². The number of nitrogens with zero attached hydrogens (tertiary/aromatic N) is 1. The van der Waals surface area contributed by atoms with Crippen molar-refractivity contribution in [1.29, 1.82) is 0 Å². The average Bonchev–Trinajstić information content (AvgIpc) is 2.77. The first-order valence-corrected chi connectivity index (χ1v) is 7.12. The van der Waals surface area contributed by atoms with Gasteiger partial charge in [-0.2, -0.15) is 4.98 Å². The van der Waals surface area contributed by atoms with Crippen molar-refractivity contribution in [2.45, 2.75) is 39.5 Å². The van der Waals surface area contributed by atoms with Crippen LogP contribution >= 0.6 is 0 Å². The Morgan fingerprint density at radius 1 is 1.33 bits per heavy atom. The van der Waals surface area contributed by atoms with Gasteiger partial charge in [0.2, 0.25) is 0 Å². The highest BCUT2D eigenvalue weighted by atomic mass is 16.4. The fraction of sp³-hybridized carbons (Fsp3) is 0.375. The second-order valence-corrected chi connectivity index (χ2v) is 5.02. The summed E-state index contributed by atoms with van der Waals surface area (Å²) in [5.74, 6) is -0.550. The Labute approximate surface area is 124 Å². The van der Waals surface area contributed by atoms with Gasteiger partial charge in [0.15, 0.2) is 0 Å². The summed E-state index contributed by atoms with van der Waals surface area (Å²) in [6.45, 7) is 3.91. The molecule has 0 aliphatic carbocycles. The van der Waals surface area contributed by atoms with Crippen LogP contribution in [0.3, 0.4) is 0 Å². The topological polar surface area (TPSA) is 75.4 Å². The number of anilines is 2. The van der Waals surface area contributed by atoms with Crippen molar-refractivity contribution in [3.63, 3.8) is 0 Å². The highest BCUT2D eigenvalue weighted by Crippen LogP contribution is 2.20. The van der Waals surface area contributed by atoms with Crippen molar-refractivity contribution < 1.29 is 14.3 Å². The molecule has 0 fully saturated rings. The van der Waals surface area contributed by atoms with Crippen LogP contribution in [0, 0.1) is 6.92 Å². The van der Waals surface area contributed by atoms with E-state index in [1.807, 2.05) is 12.1 Å². The number of oxazole rings is 1. The molecule has 1 heterocycles. The monoisotopic (exact) mass is 288 g/mol. The number of benzene rings is 1. The number of aryl methyl sites for hydroxylation is 2. The molecule has 0 amide bonds. The van der Waals surface area contributed by atoms with Gasteiger partial charge >= 0.3 is 5.97 Å². The van der Waals surface area contributed by atoms with Crippen molar-refractivity contribution in [2.75, 3.05) is 5.32 Å². The number of carboxylic acids is 1. The molecule has 112 valence electrons. The number of rotatable bonds is 7. The van der Waals surface area contributed by atoms with E-state index >= 15 is 0 Å². The fourth-order valence-electron chi connectivity index (χ4n) is 2.04. The summed E-state index contributed by atoms with van der Waals surface area (Å²) in [6.07, 6.45) is 3.29. The number of aliphatic carboxylic acids is 1. The SMILES string of the molecule is CCCCc1ccc(Nc2nc(C)c(CC(=O)O)o2)cc1. The quantitative estimate of drug-likeness (QED) is 0.812. The second kappa shape index (κ2) is 6.92. The predicted octanol–water partition coefficient (Wildman–Crippen LogP) is 3.70. The zero-order valence-corrected chi connectivity index (χ0v) is 12.3. The average molecular weight is 288 g/mol. The fourth-order valence-corrected chi connectivity index (χ4v) is 2.04. The zero-order chi connectivity index (χ0) is 15.2. The Balaban J connectivity index is 2.02. The Kier molecular flexibility index (Phi) is 4.98. The number of aromatic nitrogens is 1.